The Labute approximate surface area is 102 Å². The Morgan fingerprint density at radius 3 is 2.71 bits per heavy atom. The van der Waals surface area contributed by atoms with E-state index in [0.29, 0.717) is 6.54 Å². The molecule has 0 aromatic carbocycles. The number of hydrogen-bond acceptors (Lipinski definition) is 4. The Bertz CT molecular complexity index is 354. The maximum absolute atomic E-state index is 11.6. The summed E-state index contributed by atoms with van der Waals surface area (Å²) >= 11 is 0. The first-order valence-corrected chi connectivity index (χ1v) is 5.99. The fourth-order valence-corrected chi connectivity index (χ4v) is 1.85. The number of rotatable bonds is 6. The highest BCUT2D eigenvalue weighted by atomic mass is 16.5. The lowest BCUT2D eigenvalue weighted by Crippen LogP contribution is -2.35. The molecule has 2 N–H and O–H groups in total. The average Bonchev–Trinajstić information content (AvgIpc) is 2.58. The Balaban J connectivity index is 2.49. The molecule has 96 valence electrons. The van der Waals surface area contributed by atoms with E-state index < -0.39 is 0 Å². The molecule has 17 heavy (non-hydrogen) atoms. The highest BCUT2D eigenvalue weighted by Gasteiger charge is 2.17. The monoisotopic (exact) mass is 239 g/mol. The lowest BCUT2D eigenvalue weighted by Gasteiger charge is -2.13. The zero-order valence-corrected chi connectivity index (χ0v) is 11.0. The van der Waals surface area contributed by atoms with Gasteiger partial charge in [-0.2, -0.15) is 0 Å². The molecule has 5 heteroatoms. The van der Waals surface area contributed by atoms with Crippen molar-refractivity contribution in [1.82, 2.24) is 15.8 Å². The van der Waals surface area contributed by atoms with Gasteiger partial charge in [-0.1, -0.05) is 12.1 Å². The molecule has 1 atom stereocenters. The summed E-state index contributed by atoms with van der Waals surface area (Å²) < 4.78 is 5.08. The van der Waals surface area contributed by atoms with Crippen LogP contribution >= 0.6 is 0 Å². The van der Waals surface area contributed by atoms with Crippen molar-refractivity contribution in [2.45, 2.75) is 40.2 Å². The predicted molar refractivity (Wildman–Crippen MR) is 65.7 cm³/mol. The van der Waals surface area contributed by atoms with Crippen LogP contribution in [0, 0.1) is 13.8 Å². The molecule has 1 amide bonds. The second-order valence-electron chi connectivity index (χ2n) is 4.20. The minimum absolute atomic E-state index is 0.00838. The quantitative estimate of drug-likeness (QED) is 0.738. The van der Waals surface area contributed by atoms with Gasteiger partial charge in [-0.25, -0.2) is 0 Å². The Hall–Kier alpha value is -1.36. The number of nitrogens with one attached hydrogen (secondary N) is 2. The number of aryl methyl sites for hydroxylation is 2. The molecular formula is C12H21N3O2. The SMILES string of the molecule is CCCNCC(=O)NC(C)c1c(C)noc1C. The van der Waals surface area contributed by atoms with E-state index in [1.807, 2.05) is 20.8 Å². The molecular weight excluding hydrogens is 218 g/mol. The molecule has 0 aliphatic rings. The van der Waals surface area contributed by atoms with E-state index in [4.69, 9.17) is 4.52 Å². The fourth-order valence-electron chi connectivity index (χ4n) is 1.85. The number of carbonyl (C=O) groups excluding carboxylic acids is 1. The summed E-state index contributed by atoms with van der Waals surface area (Å²) in [5, 5.41) is 9.86. The first-order chi connectivity index (χ1) is 8.06. The highest BCUT2D eigenvalue weighted by molar-refractivity contribution is 5.78. The third kappa shape index (κ3) is 3.85. The van der Waals surface area contributed by atoms with Crippen molar-refractivity contribution in [3.05, 3.63) is 17.0 Å². The molecule has 0 radical (unpaired) electrons. The van der Waals surface area contributed by atoms with Crippen LogP contribution in [0.2, 0.25) is 0 Å². The normalized spacial score (nSPS) is 12.5. The standard InChI is InChI=1S/C12H21N3O2/c1-5-6-13-7-11(16)14-8(2)12-9(3)15-17-10(12)4/h8,13H,5-7H2,1-4H3,(H,14,16). The average molecular weight is 239 g/mol. The summed E-state index contributed by atoms with van der Waals surface area (Å²) in [5.74, 6) is 0.753. The second-order valence-corrected chi connectivity index (χ2v) is 4.20. The van der Waals surface area contributed by atoms with Crippen LogP contribution in [-0.2, 0) is 4.79 Å². The van der Waals surface area contributed by atoms with E-state index in [9.17, 15) is 4.79 Å². The van der Waals surface area contributed by atoms with E-state index in [2.05, 4.69) is 22.7 Å². The van der Waals surface area contributed by atoms with Gasteiger partial charge >= 0.3 is 0 Å². The maximum Gasteiger partial charge on any atom is 0.234 e. The van der Waals surface area contributed by atoms with Gasteiger partial charge in [0.2, 0.25) is 5.91 Å². The molecule has 1 rings (SSSR count). The molecule has 0 spiro atoms. The third-order valence-corrected chi connectivity index (χ3v) is 2.61. The van der Waals surface area contributed by atoms with E-state index in [1.165, 1.54) is 0 Å². The number of carbonyl (C=O) groups is 1. The van der Waals surface area contributed by atoms with Crippen molar-refractivity contribution in [2.75, 3.05) is 13.1 Å². The third-order valence-electron chi connectivity index (χ3n) is 2.61. The Kier molecular flexibility index (Phi) is 5.15. The van der Waals surface area contributed by atoms with Crippen LogP contribution in [0.15, 0.2) is 4.52 Å². The topological polar surface area (TPSA) is 67.2 Å². The highest BCUT2D eigenvalue weighted by Crippen LogP contribution is 2.20. The van der Waals surface area contributed by atoms with E-state index >= 15 is 0 Å². The van der Waals surface area contributed by atoms with Crippen molar-refractivity contribution in [2.24, 2.45) is 0 Å². The van der Waals surface area contributed by atoms with Crippen molar-refractivity contribution >= 4 is 5.91 Å². The first kappa shape index (κ1) is 13.7. The minimum atomic E-state index is -0.0721. The first-order valence-electron chi connectivity index (χ1n) is 5.99. The molecule has 0 saturated carbocycles. The smallest absolute Gasteiger partial charge is 0.234 e. The largest absolute Gasteiger partial charge is 0.361 e. The van der Waals surface area contributed by atoms with Gasteiger partial charge in [-0.3, -0.25) is 4.79 Å². The zero-order valence-electron chi connectivity index (χ0n) is 11.0. The van der Waals surface area contributed by atoms with Gasteiger partial charge in [-0.05, 0) is 33.7 Å². The van der Waals surface area contributed by atoms with E-state index in [-0.39, 0.29) is 11.9 Å². The minimum Gasteiger partial charge on any atom is -0.361 e. The Morgan fingerprint density at radius 1 is 1.47 bits per heavy atom. The molecule has 0 aliphatic carbocycles. The van der Waals surface area contributed by atoms with Crippen molar-refractivity contribution < 1.29 is 9.32 Å². The summed E-state index contributed by atoms with van der Waals surface area (Å²) in [4.78, 5) is 11.6. The molecule has 5 nitrogen and oxygen atoms in total. The van der Waals surface area contributed by atoms with Crippen molar-refractivity contribution in [3.63, 3.8) is 0 Å². The van der Waals surface area contributed by atoms with E-state index in [1.54, 1.807) is 0 Å². The number of nitrogens with zero attached hydrogens (tertiary/aromatic N) is 1. The van der Waals surface area contributed by atoms with Crippen LogP contribution in [0.5, 0.6) is 0 Å². The molecule has 0 saturated heterocycles. The van der Waals surface area contributed by atoms with Crippen LogP contribution in [0.4, 0.5) is 0 Å². The van der Waals surface area contributed by atoms with E-state index in [0.717, 1.165) is 30.0 Å². The van der Waals surface area contributed by atoms with Gasteiger partial charge in [0.05, 0.1) is 18.3 Å². The zero-order chi connectivity index (χ0) is 12.8. The van der Waals surface area contributed by atoms with Crippen LogP contribution < -0.4 is 10.6 Å². The summed E-state index contributed by atoms with van der Waals surface area (Å²) in [7, 11) is 0. The van der Waals surface area contributed by atoms with Crippen molar-refractivity contribution in [3.8, 4) is 0 Å². The number of hydrogen-bond donors (Lipinski definition) is 2. The summed E-state index contributed by atoms with van der Waals surface area (Å²) in [6.07, 6.45) is 1.02. The lowest BCUT2D eigenvalue weighted by atomic mass is 10.1. The lowest BCUT2D eigenvalue weighted by molar-refractivity contribution is -0.120. The molecule has 1 aromatic heterocycles. The molecule has 0 fully saturated rings. The van der Waals surface area contributed by atoms with Gasteiger partial charge in [-0.15, -0.1) is 0 Å². The van der Waals surface area contributed by atoms with Crippen LogP contribution in [0.3, 0.4) is 0 Å². The summed E-state index contributed by atoms with van der Waals surface area (Å²) in [6.45, 7) is 8.94. The maximum atomic E-state index is 11.6. The molecule has 0 bridgehead atoms. The van der Waals surface area contributed by atoms with Crippen LogP contribution in [-0.4, -0.2) is 24.2 Å². The number of aromatic nitrogens is 1. The van der Waals surface area contributed by atoms with Crippen molar-refractivity contribution in [1.29, 1.82) is 0 Å². The van der Waals surface area contributed by atoms with Gasteiger partial charge < -0.3 is 15.2 Å². The van der Waals surface area contributed by atoms with Crippen LogP contribution in [0.1, 0.15) is 43.3 Å². The van der Waals surface area contributed by atoms with Gasteiger partial charge in [0, 0.05) is 5.56 Å². The predicted octanol–water partition coefficient (Wildman–Crippen LogP) is 1.47. The summed E-state index contributed by atoms with van der Waals surface area (Å²) in [5.41, 5.74) is 1.80. The summed E-state index contributed by atoms with van der Waals surface area (Å²) in [6, 6.07) is -0.0721. The Morgan fingerprint density at radius 2 is 2.18 bits per heavy atom. The molecule has 1 heterocycles. The van der Waals surface area contributed by atoms with Gasteiger partial charge in [0.25, 0.3) is 0 Å². The van der Waals surface area contributed by atoms with Gasteiger partial charge in [0.1, 0.15) is 5.76 Å². The molecule has 1 unspecified atom stereocenters. The molecule has 0 aliphatic heterocycles. The van der Waals surface area contributed by atoms with Gasteiger partial charge in [0.15, 0.2) is 0 Å². The fraction of sp³-hybridized carbons (Fsp3) is 0.667. The molecule has 1 aromatic rings. The van der Waals surface area contributed by atoms with Crippen LogP contribution in [0.25, 0.3) is 0 Å². The number of amides is 1. The second kappa shape index (κ2) is 6.39.